The van der Waals surface area contributed by atoms with Crippen molar-refractivity contribution in [1.29, 1.82) is 0 Å². The Kier molecular flexibility index (Phi) is 3.49. The average Bonchev–Trinajstić information content (AvgIpc) is 2.76. The van der Waals surface area contributed by atoms with Gasteiger partial charge in [-0.3, -0.25) is 0 Å². The molecule has 2 atom stereocenters. The lowest BCUT2D eigenvalue weighted by Gasteiger charge is -2.26. The Hall–Kier alpha value is -0.0800. The number of piperidine rings is 1. The summed E-state index contributed by atoms with van der Waals surface area (Å²) in [5.41, 5.74) is 0. The van der Waals surface area contributed by atoms with Gasteiger partial charge in [-0.2, -0.15) is 0 Å². The van der Waals surface area contributed by atoms with E-state index < -0.39 is 0 Å². The number of hydrogen-bond donors (Lipinski definition) is 1. The summed E-state index contributed by atoms with van der Waals surface area (Å²) in [6, 6.07) is 0. The summed E-state index contributed by atoms with van der Waals surface area (Å²) in [5.74, 6) is 3.32. The van der Waals surface area contributed by atoms with Gasteiger partial charge in [-0.1, -0.05) is 12.8 Å². The third-order valence-electron chi connectivity index (χ3n) is 5.02. The highest BCUT2D eigenvalue weighted by Gasteiger charge is 2.51. The van der Waals surface area contributed by atoms with Crippen LogP contribution in [0.25, 0.3) is 0 Å². The Balaban J connectivity index is 1.24. The maximum absolute atomic E-state index is 3.68. The van der Waals surface area contributed by atoms with Crippen LogP contribution in [0.5, 0.6) is 0 Å². The van der Waals surface area contributed by atoms with Crippen LogP contribution in [0.3, 0.4) is 0 Å². The average molecular weight is 222 g/mol. The predicted octanol–water partition coefficient (Wildman–Crippen LogP) is 2.11. The number of likely N-dealkylation sites (tertiary alicyclic amines) is 1. The second-order valence-electron chi connectivity index (χ2n) is 6.03. The Bertz CT molecular complexity index is 209. The highest BCUT2D eigenvalue weighted by atomic mass is 15.1. The molecule has 16 heavy (non-hydrogen) atoms. The minimum Gasteiger partial charge on any atom is -0.315 e. The molecule has 0 aromatic heterocycles. The fourth-order valence-electron chi connectivity index (χ4n) is 3.96. The first-order chi connectivity index (χ1) is 7.95. The molecule has 0 spiro atoms. The third kappa shape index (κ3) is 2.43. The molecule has 0 aromatic carbocycles. The minimum atomic E-state index is 1.06. The largest absolute Gasteiger partial charge is 0.315 e. The van der Waals surface area contributed by atoms with Gasteiger partial charge < -0.3 is 10.2 Å². The Labute approximate surface area is 99.8 Å². The Morgan fingerprint density at radius 1 is 0.938 bits per heavy atom. The van der Waals surface area contributed by atoms with E-state index in [2.05, 4.69) is 10.2 Å². The quantitative estimate of drug-likeness (QED) is 0.717. The normalized spacial score (nSPS) is 38.6. The minimum absolute atomic E-state index is 1.06. The molecule has 3 fully saturated rings. The molecule has 1 N–H and O–H groups in total. The van der Waals surface area contributed by atoms with Gasteiger partial charge in [-0.25, -0.2) is 0 Å². The van der Waals surface area contributed by atoms with Crippen LogP contribution in [0.2, 0.25) is 0 Å². The maximum atomic E-state index is 3.68. The molecule has 2 unspecified atom stereocenters. The van der Waals surface area contributed by atoms with Crippen molar-refractivity contribution in [1.82, 2.24) is 10.2 Å². The number of fused-ring (bicyclic) bond motifs is 1. The van der Waals surface area contributed by atoms with Gasteiger partial charge in [0.05, 0.1) is 0 Å². The van der Waals surface area contributed by atoms with Crippen LogP contribution >= 0.6 is 0 Å². The standard InChI is InChI=1S/C14H26N2/c1-2-8-16(9-3-1)10-7-15-11-14-12-5-4-6-13(12)14/h12-15H,1-11H2. The monoisotopic (exact) mass is 222 g/mol. The van der Waals surface area contributed by atoms with E-state index in [1.165, 1.54) is 71.2 Å². The van der Waals surface area contributed by atoms with E-state index in [1.54, 1.807) is 0 Å². The van der Waals surface area contributed by atoms with Gasteiger partial charge in [0.15, 0.2) is 0 Å². The fourth-order valence-corrected chi connectivity index (χ4v) is 3.96. The molecule has 2 nitrogen and oxygen atoms in total. The topological polar surface area (TPSA) is 15.3 Å². The van der Waals surface area contributed by atoms with Crippen LogP contribution in [0.4, 0.5) is 0 Å². The van der Waals surface area contributed by atoms with Crippen LogP contribution in [0, 0.1) is 17.8 Å². The van der Waals surface area contributed by atoms with Crippen molar-refractivity contribution in [2.75, 3.05) is 32.7 Å². The smallest absolute Gasteiger partial charge is 0.0107 e. The van der Waals surface area contributed by atoms with Crippen LogP contribution in [-0.4, -0.2) is 37.6 Å². The first kappa shape index (κ1) is 11.0. The summed E-state index contributed by atoms with van der Waals surface area (Å²) in [6.07, 6.45) is 8.88. The summed E-state index contributed by atoms with van der Waals surface area (Å²) in [4.78, 5) is 2.63. The molecule has 2 saturated carbocycles. The van der Waals surface area contributed by atoms with E-state index in [4.69, 9.17) is 0 Å². The molecule has 0 radical (unpaired) electrons. The molecule has 1 aliphatic heterocycles. The van der Waals surface area contributed by atoms with Crippen molar-refractivity contribution in [3.8, 4) is 0 Å². The molecule has 0 aromatic rings. The van der Waals surface area contributed by atoms with Crippen LogP contribution in [0.1, 0.15) is 38.5 Å². The molecular weight excluding hydrogens is 196 g/mol. The van der Waals surface area contributed by atoms with Gasteiger partial charge in [-0.05, 0) is 63.1 Å². The van der Waals surface area contributed by atoms with Crippen LogP contribution in [-0.2, 0) is 0 Å². The lowest BCUT2D eigenvalue weighted by molar-refractivity contribution is 0.228. The zero-order chi connectivity index (χ0) is 10.8. The number of rotatable bonds is 5. The van der Waals surface area contributed by atoms with Crippen LogP contribution in [0.15, 0.2) is 0 Å². The third-order valence-corrected chi connectivity index (χ3v) is 5.02. The molecule has 3 rings (SSSR count). The van der Waals surface area contributed by atoms with E-state index >= 15 is 0 Å². The number of nitrogens with one attached hydrogen (secondary N) is 1. The second kappa shape index (κ2) is 5.05. The van der Waals surface area contributed by atoms with E-state index in [9.17, 15) is 0 Å². The highest BCUT2D eigenvalue weighted by molar-refractivity contribution is 5.01. The van der Waals surface area contributed by atoms with E-state index in [0.717, 1.165) is 17.8 Å². The van der Waals surface area contributed by atoms with Gasteiger partial charge >= 0.3 is 0 Å². The second-order valence-corrected chi connectivity index (χ2v) is 6.03. The molecule has 0 amide bonds. The molecule has 0 bridgehead atoms. The zero-order valence-electron chi connectivity index (χ0n) is 10.5. The molecule has 1 saturated heterocycles. The van der Waals surface area contributed by atoms with E-state index in [1.807, 2.05) is 0 Å². The van der Waals surface area contributed by atoms with Gasteiger partial charge in [-0.15, -0.1) is 0 Å². The molecular formula is C14H26N2. The summed E-state index contributed by atoms with van der Waals surface area (Å²) in [6.45, 7) is 6.49. The van der Waals surface area contributed by atoms with Gasteiger partial charge in [0.2, 0.25) is 0 Å². The van der Waals surface area contributed by atoms with Crippen molar-refractivity contribution in [2.45, 2.75) is 38.5 Å². The summed E-state index contributed by atoms with van der Waals surface area (Å²) >= 11 is 0. The first-order valence-corrected chi connectivity index (χ1v) is 7.38. The SMILES string of the molecule is C1CCN(CCNCC2C3CCCC32)CC1. The fraction of sp³-hybridized carbons (Fsp3) is 1.00. The van der Waals surface area contributed by atoms with Crippen molar-refractivity contribution < 1.29 is 0 Å². The van der Waals surface area contributed by atoms with E-state index in [0.29, 0.717) is 0 Å². The predicted molar refractivity (Wildman–Crippen MR) is 67.5 cm³/mol. The first-order valence-electron chi connectivity index (χ1n) is 7.38. The summed E-state index contributed by atoms with van der Waals surface area (Å²) < 4.78 is 0. The Morgan fingerprint density at radius 2 is 1.69 bits per heavy atom. The van der Waals surface area contributed by atoms with Crippen molar-refractivity contribution >= 4 is 0 Å². The lowest BCUT2D eigenvalue weighted by atomic mass is 10.1. The number of hydrogen-bond acceptors (Lipinski definition) is 2. The van der Waals surface area contributed by atoms with Crippen molar-refractivity contribution in [3.63, 3.8) is 0 Å². The summed E-state index contributed by atoms with van der Waals surface area (Å²) in [5, 5.41) is 3.68. The summed E-state index contributed by atoms with van der Waals surface area (Å²) in [7, 11) is 0. The van der Waals surface area contributed by atoms with E-state index in [-0.39, 0.29) is 0 Å². The Morgan fingerprint density at radius 3 is 2.44 bits per heavy atom. The van der Waals surface area contributed by atoms with Crippen molar-refractivity contribution in [3.05, 3.63) is 0 Å². The molecule has 92 valence electrons. The maximum Gasteiger partial charge on any atom is 0.0107 e. The molecule has 1 heterocycles. The van der Waals surface area contributed by atoms with Crippen LogP contribution < -0.4 is 5.32 Å². The molecule has 3 aliphatic rings. The number of nitrogens with zero attached hydrogens (tertiary/aromatic N) is 1. The molecule has 2 heteroatoms. The highest BCUT2D eigenvalue weighted by Crippen LogP contribution is 2.56. The lowest BCUT2D eigenvalue weighted by Crippen LogP contribution is -2.36. The van der Waals surface area contributed by atoms with Gasteiger partial charge in [0.1, 0.15) is 0 Å². The zero-order valence-corrected chi connectivity index (χ0v) is 10.5. The van der Waals surface area contributed by atoms with Gasteiger partial charge in [0.25, 0.3) is 0 Å². The molecule has 2 aliphatic carbocycles. The van der Waals surface area contributed by atoms with Gasteiger partial charge in [0, 0.05) is 13.1 Å². The van der Waals surface area contributed by atoms with Crippen molar-refractivity contribution in [2.24, 2.45) is 17.8 Å².